The Kier molecular flexibility index (Phi) is 2.92. The molecule has 0 rings (SSSR count). The van der Waals surface area contributed by atoms with Crippen molar-refractivity contribution in [1.82, 2.24) is 0 Å². The van der Waals surface area contributed by atoms with Crippen molar-refractivity contribution < 1.29 is 0 Å². The Hall–Kier alpha value is -0.720. The van der Waals surface area contributed by atoms with Crippen LogP contribution in [-0.4, -0.2) is 0 Å². The van der Waals surface area contributed by atoms with Crippen molar-refractivity contribution in [1.29, 1.82) is 0 Å². The largest absolute Gasteiger partial charge is 0.402 e. The Morgan fingerprint density at radius 3 is 1.64 bits per heavy atom. The van der Waals surface area contributed by atoms with Crippen LogP contribution in [0.25, 0.3) is 0 Å². The molecule has 0 atom stereocenters. The van der Waals surface area contributed by atoms with Gasteiger partial charge in [0, 0.05) is 5.70 Å². The van der Waals surface area contributed by atoms with E-state index in [4.69, 9.17) is 5.73 Å². The van der Waals surface area contributed by atoms with Gasteiger partial charge in [0.25, 0.3) is 0 Å². The molecule has 0 saturated carbocycles. The molecule has 0 radical (unpaired) electrons. The summed E-state index contributed by atoms with van der Waals surface area (Å²) in [7, 11) is 0. The summed E-state index contributed by atoms with van der Waals surface area (Å²) < 4.78 is 0. The fourth-order valence-corrected chi connectivity index (χ4v) is 0.801. The van der Waals surface area contributed by atoms with Crippen molar-refractivity contribution in [2.45, 2.75) is 34.6 Å². The van der Waals surface area contributed by atoms with Crippen molar-refractivity contribution in [2.75, 3.05) is 0 Å². The second kappa shape index (κ2) is 3.12. The van der Waals surface area contributed by atoms with Gasteiger partial charge in [0.05, 0.1) is 0 Å². The summed E-state index contributed by atoms with van der Waals surface area (Å²) in [5, 5.41) is 0. The molecule has 0 aromatic heterocycles. The summed E-state index contributed by atoms with van der Waals surface area (Å²) in [5.41, 5.74) is 8.89. The number of nitrogens with two attached hydrogens (primary N) is 1. The van der Waals surface area contributed by atoms with Gasteiger partial charge in [-0.15, -0.1) is 0 Å². The summed E-state index contributed by atoms with van der Waals surface area (Å²) in [6.07, 6.45) is 0. The first-order valence-corrected chi connectivity index (χ1v) is 3.89. The predicted octanol–water partition coefficient (Wildman–Crippen LogP) is 2.84. The summed E-state index contributed by atoms with van der Waals surface area (Å²) in [6.45, 7) is 14.4. The molecule has 0 aliphatic carbocycles. The quantitative estimate of drug-likeness (QED) is 0.576. The van der Waals surface area contributed by atoms with Crippen LogP contribution in [0.5, 0.6) is 0 Å². The number of hydrogen-bond donors (Lipinski definition) is 1. The minimum absolute atomic E-state index is 0.130. The molecule has 0 aromatic carbocycles. The maximum absolute atomic E-state index is 5.65. The molecule has 0 saturated heterocycles. The van der Waals surface area contributed by atoms with Crippen LogP contribution in [0, 0.1) is 5.41 Å². The highest BCUT2D eigenvalue weighted by Gasteiger charge is 2.16. The lowest BCUT2D eigenvalue weighted by Gasteiger charge is -2.23. The van der Waals surface area contributed by atoms with E-state index in [1.165, 1.54) is 0 Å². The van der Waals surface area contributed by atoms with E-state index in [-0.39, 0.29) is 5.41 Å². The van der Waals surface area contributed by atoms with Gasteiger partial charge in [-0.3, -0.25) is 0 Å². The van der Waals surface area contributed by atoms with Gasteiger partial charge in [-0.05, 0) is 30.4 Å². The molecular weight excluding hydrogens is 134 g/mol. The molecule has 0 amide bonds. The van der Waals surface area contributed by atoms with Crippen LogP contribution in [0.4, 0.5) is 0 Å². The van der Waals surface area contributed by atoms with Gasteiger partial charge >= 0.3 is 0 Å². The minimum atomic E-state index is 0.130. The lowest BCUT2D eigenvalue weighted by molar-refractivity contribution is 0.511. The van der Waals surface area contributed by atoms with Gasteiger partial charge in [-0.25, -0.2) is 0 Å². The molecule has 64 valence electrons. The molecule has 0 aliphatic heterocycles. The molecule has 0 unspecified atom stereocenters. The van der Waals surface area contributed by atoms with E-state index < -0.39 is 0 Å². The zero-order valence-electron chi connectivity index (χ0n) is 8.28. The third kappa shape index (κ3) is 2.79. The molecule has 2 N–H and O–H groups in total. The highest BCUT2D eigenvalue weighted by Crippen LogP contribution is 2.29. The molecular formula is C10H19N. The zero-order valence-corrected chi connectivity index (χ0v) is 8.28. The van der Waals surface area contributed by atoms with Gasteiger partial charge in [0.15, 0.2) is 0 Å². The van der Waals surface area contributed by atoms with Crippen LogP contribution >= 0.6 is 0 Å². The maximum atomic E-state index is 5.65. The average Bonchev–Trinajstić information content (AvgIpc) is 1.82. The summed E-state index contributed by atoms with van der Waals surface area (Å²) in [5.74, 6) is 0. The van der Waals surface area contributed by atoms with Crippen molar-refractivity contribution in [2.24, 2.45) is 11.1 Å². The number of hydrogen-bond acceptors (Lipinski definition) is 1. The van der Waals surface area contributed by atoms with Crippen molar-refractivity contribution >= 4 is 0 Å². The van der Waals surface area contributed by atoms with E-state index in [0.29, 0.717) is 0 Å². The molecule has 1 heteroatoms. The zero-order chi connectivity index (χ0) is 9.23. The highest BCUT2D eigenvalue weighted by molar-refractivity contribution is 5.33. The van der Waals surface area contributed by atoms with E-state index >= 15 is 0 Å². The monoisotopic (exact) mass is 153 g/mol. The second-order valence-corrected chi connectivity index (χ2v) is 4.04. The molecule has 0 heterocycles. The van der Waals surface area contributed by atoms with Crippen molar-refractivity contribution in [3.05, 3.63) is 23.4 Å². The van der Waals surface area contributed by atoms with Crippen LogP contribution in [-0.2, 0) is 0 Å². The Balaban J connectivity index is 4.67. The first-order chi connectivity index (χ1) is 4.76. The topological polar surface area (TPSA) is 26.0 Å². The first kappa shape index (κ1) is 10.3. The molecule has 0 aromatic rings. The van der Waals surface area contributed by atoms with Gasteiger partial charge in [0.2, 0.25) is 0 Å². The van der Waals surface area contributed by atoms with Crippen LogP contribution in [0.2, 0.25) is 0 Å². The predicted molar refractivity (Wildman–Crippen MR) is 51.2 cm³/mol. The summed E-state index contributed by atoms with van der Waals surface area (Å²) in [4.78, 5) is 0. The third-order valence-electron chi connectivity index (χ3n) is 1.95. The Morgan fingerprint density at radius 1 is 1.18 bits per heavy atom. The SMILES string of the molecule is C=C(/C(C)=C(/C)N)C(C)(C)C. The lowest BCUT2D eigenvalue weighted by Crippen LogP contribution is -2.11. The Labute approximate surface area is 70.0 Å². The third-order valence-corrected chi connectivity index (χ3v) is 1.95. The molecule has 11 heavy (non-hydrogen) atoms. The smallest absolute Gasteiger partial charge is 0.00813 e. The van der Waals surface area contributed by atoms with E-state index in [1.54, 1.807) is 0 Å². The normalized spacial score (nSPS) is 14.3. The van der Waals surface area contributed by atoms with Crippen LogP contribution in [0.15, 0.2) is 23.4 Å². The van der Waals surface area contributed by atoms with Gasteiger partial charge in [0.1, 0.15) is 0 Å². The standard InChI is InChI=1S/C10H19N/c1-7(9(3)11)8(2)10(4,5)6/h2,11H2,1,3-6H3/b9-7-. The summed E-state index contributed by atoms with van der Waals surface area (Å²) >= 11 is 0. The van der Waals surface area contributed by atoms with E-state index in [9.17, 15) is 0 Å². The maximum Gasteiger partial charge on any atom is 0.00813 e. The molecule has 0 aliphatic rings. The lowest BCUT2D eigenvalue weighted by atomic mass is 9.83. The molecule has 0 fully saturated rings. The fourth-order valence-electron chi connectivity index (χ4n) is 0.801. The fraction of sp³-hybridized carbons (Fsp3) is 0.600. The van der Waals surface area contributed by atoms with E-state index in [2.05, 4.69) is 27.4 Å². The van der Waals surface area contributed by atoms with Crippen LogP contribution in [0.3, 0.4) is 0 Å². The minimum Gasteiger partial charge on any atom is -0.402 e. The Bertz CT molecular complexity index is 187. The molecule has 1 nitrogen and oxygen atoms in total. The van der Waals surface area contributed by atoms with Crippen molar-refractivity contribution in [3.8, 4) is 0 Å². The molecule has 0 spiro atoms. The first-order valence-electron chi connectivity index (χ1n) is 3.89. The number of rotatable bonds is 1. The summed E-state index contributed by atoms with van der Waals surface area (Å²) in [6, 6.07) is 0. The van der Waals surface area contributed by atoms with Crippen LogP contribution < -0.4 is 5.73 Å². The van der Waals surface area contributed by atoms with Gasteiger partial charge in [-0.1, -0.05) is 27.4 Å². The molecule has 0 bridgehead atoms. The van der Waals surface area contributed by atoms with E-state index in [0.717, 1.165) is 16.8 Å². The second-order valence-electron chi connectivity index (χ2n) is 4.04. The van der Waals surface area contributed by atoms with Crippen LogP contribution in [0.1, 0.15) is 34.6 Å². The highest BCUT2D eigenvalue weighted by atomic mass is 14.6. The van der Waals surface area contributed by atoms with Gasteiger partial charge < -0.3 is 5.73 Å². The van der Waals surface area contributed by atoms with E-state index in [1.807, 2.05) is 13.8 Å². The average molecular weight is 153 g/mol. The van der Waals surface area contributed by atoms with Crippen molar-refractivity contribution in [3.63, 3.8) is 0 Å². The Morgan fingerprint density at radius 2 is 1.55 bits per heavy atom. The number of allylic oxidation sites excluding steroid dienone is 3. The van der Waals surface area contributed by atoms with Gasteiger partial charge in [-0.2, -0.15) is 0 Å².